The molecule has 0 unspecified atom stereocenters. The number of carbonyl (C=O) groups is 1. The molecule has 2 aromatic heterocycles. The Balaban J connectivity index is 1.75. The fourth-order valence-electron chi connectivity index (χ4n) is 1.66. The maximum atomic E-state index is 11.9. The van der Waals surface area contributed by atoms with Gasteiger partial charge in [0.25, 0.3) is 5.91 Å². The summed E-state index contributed by atoms with van der Waals surface area (Å²) in [5.74, 6) is 0.453. The summed E-state index contributed by atoms with van der Waals surface area (Å²) in [6, 6.07) is 5.30. The van der Waals surface area contributed by atoms with Crippen molar-refractivity contribution in [2.24, 2.45) is 0 Å². The lowest BCUT2D eigenvalue weighted by atomic mass is 10.2. The normalized spacial score (nSPS) is 10.7. The zero-order chi connectivity index (χ0) is 12.4. The third-order valence-corrected chi connectivity index (χ3v) is 2.56. The number of aromatic nitrogens is 5. The van der Waals surface area contributed by atoms with Crippen molar-refractivity contribution >= 4 is 16.9 Å². The second-order valence-corrected chi connectivity index (χ2v) is 3.75. The summed E-state index contributed by atoms with van der Waals surface area (Å²) in [6.07, 6.45) is 3.00. The molecule has 0 aliphatic heterocycles. The summed E-state index contributed by atoms with van der Waals surface area (Å²) in [6.45, 7) is 0.319. The molecule has 7 heteroatoms. The predicted octanol–water partition coefficient (Wildman–Crippen LogP) is 0.611. The van der Waals surface area contributed by atoms with Crippen molar-refractivity contribution in [3.63, 3.8) is 0 Å². The van der Waals surface area contributed by atoms with Crippen LogP contribution in [0.15, 0.2) is 30.9 Å². The molecule has 90 valence electrons. The van der Waals surface area contributed by atoms with Gasteiger partial charge in [-0.2, -0.15) is 5.10 Å². The Morgan fingerprint density at radius 1 is 1.33 bits per heavy atom. The molecule has 3 rings (SSSR count). The Morgan fingerprint density at radius 2 is 2.28 bits per heavy atom. The van der Waals surface area contributed by atoms with Gasteiger partial charge in [-0.25, -0.2) is 9.97 Å². The van der Waals surface area contributed by atoms with Crippen LogP contribution in [0, 0.1) is 0 Å². The minimum Gasteiger partial charge on any atom is -0.345 e. The van der Waals surface area contributed by atoms with Gasteiger partial charge in [-0.3, -0.25) is 9.89 Å². The maximum Gasteiger partial charge on any atom is 0.251 e. The highest BCUT2D eigenvalue weighted by Crippen LogP contribution is 2.11. The summed E-state index contributed by atoms with van der Waals surface area (Å²) >= 11 is 0. The third-order valence-electron chi connectivity index (χ3n) is 2.56. The van der Waals surface area contributed by atoms with E-state index in [0.717, 1.165) is 11.0 Å². The lowest BCUT2D eigenvalue weighted by Gasteiger charge is -2.02. The van der Waals surface area contributed by atoms with E-state index in [9.17, 15) is 4.79 Å². The van der Waals surface area contributed by atoms with E-state index in [1.165, 1.54) is 6.33 Å². The first kappa shape index (κ1) is 10.5. The molecule has 0 spiro atoms. The molecule has 0 bridgehead atoms. The van der Waals surface area contributed by atoms with E-state index in [-0.39, 0.29) is 5.91 Å². The van der Waals surface area contributed by atoms with Gasteiger partial charge in [0.2, 0.25) is 0 Å². The average molecular weight is 242 g/mol. The topological polar surface area (TPSA) is 99.3 Å². The van der Waals surface area contributed by atoms with Crippen LogP contribution in [-0.4, -0.2) is 31.1 Å². The molecule has 0 fully saturated rings. The van der Waals surface area contributed by atoms with Gasteiger partial charge in [-0.1, -0.05) is 0 Å². The largest absolute Gasteiger partial charge is 0.345 e. The summed E-state index contributed by atoms with van der Waals surface area (Å²) in [4.78, 5) is 22.9. The number of benzene rings is 1. The Morgan fingerprint density at radius 3 is 3.11 bits per heavy atom. The first-order valence-corrected chi connectivity index (χ1v) is 5.38. The number of aromatic amines is 2. The molecular formula is C11H10N6O. The lowest BCUT2D eigenvalue weighted by molar-refractivity contribution is 0.0950. The molecule has 0 saturated heterocycles. The molecule has 0 atom stereocenters. The number of H-pyrrole nitrogens is 2. The fourth-order valence-corrected chi connectivity index (χ4v) is 1.66. The summed E-state index contributed by atoms with van der Waals surface area (Å²) in [5.41, 5.74) is 2.25. The number of nitrogens with one attached hydrogen (secondary N) is 3. The Hall–Kier alpha value is -2.70. The molecule has 2 heterocycles. The molecule has 0 saturated carbocycles. The zero-order valence-electron chi connectivity index (χ0n) is 9.34. The second kappa shape index (κ2) is 4.28. The maximum absolute atomic E-state index is 11.9. The van der Waals surface area contributed by atoms with E-state index in [4.69, 9.17) is 0 Å². The van der Waals surface area contributed by atoms with Crippen LogP contribution in [0.2, 0.25) is 0 Å². The SMILES string of the molecule is O=C(NCc1ncn[nH]1)c1ccc2nc[nH]c2c1. The number of carbonyl (C=O) groups excluding carboxylic acids is 1. The summed E-state index contributed by atoms with van der Waals surface area (Å²) < 4.78 is 0. The monoisotopic (exact) mass is 242 g/mol. The molecule has 3 aromatic rings. The Bertz CT molecular complexity index is 672. The number of rotatable bonds is 3. The highest BCUT2D eigenvalue weighted by atomic mass is 16.1. The smallest absolute Gasteiger partial charge is 0.251 e. The van der Waals surface area contributed by atoms with Crippen LogP contribution in [0.3, 0.4) is 0 Å². The van der Waals surface area contributed by atoms with Crippen molar-refractivity contribution in [3.05, 3.63) is 42.2 Å². The van der Waals surface area contributed by atoms with Crippen molar-refractivity contribution in [2.75, 3.05) is 0 Å². The molecule has 0 aliphatic carbocycles. The van der Waals surface area contributed by atoms with Crippen LogP contribution in [0.5, 0.6) is 0 Å². The van der Waals surface area contributed by atoms with E-state index in [1.54, 1.807) is 24.5 Å². The molecule has 0 aliphatic rings. The van der Waals surface area contributed by atoms with E-state index >= 15 is 0 Å². The summed E-state index contributed by atoms with van der Waals surface area (Å²) in [5, 5.41) is 9.13. The molecular weight excluding hydrogens is 232 g/mol. The average Bonchev–Trinajstić information content (AvgIpc) is 3.05. The fraction of sp³-hybridized carbons (Fsp3) is 0.0909. The first-order chi connectivity index (χ1) is 8.83. The molecule has 1 amide bonds. The lowest BCUT2D eigenvalue weighted by Crippen LogP contribution is -2.23. The van der Waals surface area contributed by atoms with E-state index in [1.807, 2.05) is 0 Å². The molecule has 1 aromatic carbocycles. The van der Waals surface area contributed by atoms with Gasteiger partial charge < -0.3 is 10.3 Å². The second-order valence-electron chi connectivity index (χ2n) is 3.75. The van der Waals surface area contributed by atoms with Gasteiger partial charge in [0.05, 0.1) is 23.9 Å². The number of amides is 1. The van der Waals surface area contributed by atoms with Crippen molar-refractivity contribution < 1.29 is 4.79 Å². The van der Waals surface area contributed by atoms with Crippen LogP contribution >= 0.6 is 0 Å². The number of hydrogen-bond acceptors (Lipinski definition) is 4. The Labute approximate surface area is 102 Å². The van der Waals surface area contributed by atoms with Gasteiger partial charge in [-0.15, -0.1) is 0 Å². The summed E-state index contributed by atoms with van der Waals surface area (Å²) in [7, 11) is 0. The minimum atomic E-state index is -0.164. The molecule has 7 nitrogen and oxygen atoms in total. The van der Waals surface area contributed by atoms with Crippen LogP contribution in [0.4, 0.5) is 0 Å². The van der Waals surface area contributed by atoms with Crippen LogP contribution in [0.1, 0.15) is 16.2 Å². The van der Waals surface area contributed by atoms with Crippen molar-refractivity contribution in [3.8, 4) is 0 Å². The first-order valence-electron chi connectivity index (χ1n) is 5.38. The van der Waals surface area contributed by atoms with E-state index in [0.29, 0.717) is 17.9 Å². The number of hydrogen-bond donors (Lipinski definition) is 3. The van der Waals surface area contributed by atoms with Gasteiger partial charge in [0.1, 0.15) is 12.2 Å². The van der Waals surface area contributed by atoms with Gasteiger partial charge in [0.15, 0.2) is 0 Å². The highest BCUT2D eigenvalue weighted by Gasteiger charge is 2.07. The minimum absolute atomic E-state index is 0.164. The van der Waals surface area contributed by atoms with Gasteiger partial charge in [-0.05, 0) is 18.2 Å². The highest BCUT2D eigenvalue weighted by molar-refractivity contribution is 5.97. The number of nitrogens with zero attached hydrogens (tertiary/aromatic N) is 3. The predicted molar refractivity (Wildman–Crippen MR) is 63.6 cm³/mol. The molecule has 18 heavy (non-hydrogen) atoms. The van der Waals surface area contributed by atoms with Crippen LogP contribution in [0.25, 0.3) is 11.0 Å². The van der Waals surface area contributed by atoms with E-state index in [2.05, 4.69) is 30.5 Å². The van der Waals surface area contributed by atoms with E-state index < -0.39 is 0 Å². The number of imidazole rings is 1. The van der Waals surface area contributed by atoms with Crippen LogP contribution < -0.4 is 5.32 Å². The van der Waals surface area contributed by atoms with Crippen LogP contribution in [-0.2, 0) is 6.54 Å². The number of fused-ring (bicyclic) bond motifs is 1. The molecule has 3 N–H and O–H groups in total. The third kappa shape index (κ3) is 1.93. The molecule has 0 radical (unpaired) electrons. The van der Waals surface area contributed by atoms with Gasteiger partial charge >= 0.3 is 0 Å². The van der Waals surface area contributed by atoms with Crippen molar-refractivity contribution in [1.82, 2.24) is 30.5 Å². The van der Waals surface area contributed by atoms with Crippen molar-refractivity contribution in [1.29, 1.82) is 0 Å². The quantitative estimate of drug-likeness (QED) is 0.626. The standard InChI is InChI=1S/C11H10N6O/c18-11(12-4-10-15-6-16-17-10)7-1-2-8-9(3-7)14-5-13-8/h1-3,5-6H,4H2,(H,12,18)(H,13,14)(H,15,16,17). The zero-order valence-corrected chi connectivity index (χ0v) is 9.34. The Kier molecular flexibility index (Phi) is 2.49. The van der Waals surface area contributed by atoms with Gasteiger partial charge in [0, 0.05) is 5.56 Å². The van der Waals surface area contributed by atoms with Crippen molar-refractivity contribution in [2.45, 2.75) is 6.54 Å².